The van der Waals surface area contributed by atoms with Crippen LogP contribution in [0.25, 0.3) is 11.2 Å². The van der Waals surface area contributed by atoms with Gasteiger partial charge in [-0.25, -0.2) is 9.97 Å². The molecule has 0 aliphatic heterocycles. The summed E-state index contributed by atoms with van der Waals surface area (Å²) in [5, 5.41) is 3.08. The van der Waals surface area contributed by atoms with Crippen molar-refractivity contribution in [2.45, 2.75) is 45.2 Å². The number of rotatable bonds is 3. The number of fused-ring (bicyclic) bond motifs is 1. The molecule has 2 rings (SSSR count). The Morgan fingerprint density at radius 1 is 1.48 bits per heavy atom. The highest BCUT2D eigenvalue weighted by Gasteiger charge is 2.20. The Bertz CT molecular complexity index is 673. The molecule has 0 bridgehead atoms. The van der Waals surface area contributed by atoms with Gasteiger partial charge in [0.05, 0.1) is 10.4 Å². The number of nitrogens with one attached hydrogen (secondary N) is 1. The summed E-state index contributed by atoms with van der Waals surface area (Å²) < 4.78 is 1.73. The number of aromatic nitrogens is 3. The molecule has 0 radical (unpaired) electrons. The van der Waals surface area contributed by atoms with Gasteiger partial charge in [-0.2, -0.15) is 0 Å². The second-order valence-corrected chi connectivity index (χ2v) is 7.06. The van der Waals surface area contributed by atoms with E-state index in [9.17, 15) is 4.79 Å². The van der Waals surface area contributed by atoms with Gasteiger partial charge in [-0.15, -0.1) is 11.6 Å². The summed E-state index contributed by atoms with van der Waals surface area (Å²) in [6, 6.07) is 1.71. The second kappa shape index (κ2) is 5.81. The molecule has 0 aliphatic rings. The number of alkyl halides is 1. The van der Waals surface area contributed by atoms with Crippen molar-refractivity contribution in [3.8, 4) is 0 Å². The summed E-state index contributed by atoms with van der Waals surface area (Å²) in [5.41, 5.74) is 0.941. The van der Waals surface area contributed by atoms with Crippen LogP contribution in [0.5, 0.6) is 0 Å². The summed E-state index contributed by atoms with van der Waals surface area (Å²) in [5.74, 6) is 0.489. The Kier molecular flexibility index (Phi) is 4.44. The van der Waals surface area contributed by atoms with Crippen molar-refractivity contribution in [2.24, 2.45) is 0 Å². The molecule has 1 unspecified atom stereocenters. The molecule has 0 aliphatic carbocycles. The summed E-state index contributed by atoms with van der Waals surface area (Å²) in [6.45, 7) is 7.72. The topological polar surface area (TPSA) is 59.8 Å². The maximum absolute atomic E-state index is 12.2. The number of imidazole rings is 1. The van der Waals surface area contributed by atoms with Gasteiger partial charge in [0.1, 0.15) is 17.9 Å². The van der Waals surface area contributed by atoms with E-state index in [4.69, 9.17) is 23.2 Å². The molecule has 0 fully saturated rings. The Morgan fingerprint density at radius 2 is 2.14 bits per heavy atom. The highest BCUT2D eigenvalue weighted by atomic mass is 35.5. The van der Waals surface area contributed by atoms with Crippen molar-refractivity contribution in [1.82, 2.24) is 19.9 Å². The predicted molar refractivity (Wildman–Crippen MR) is 84.7 cm³/mol. The second-order valence-electron chi connectivity index (χ2n) is 5.97. The molecule has 2 aromatic heterocycles. The highest BCUT2D eigenvalue weighted by Crippen LogP contribution is 2.25. The van der Waals surface area contributed by atoms with Gasteiger partial charge in [0.25, 0.3) is 0 Å². The summed E-state index contributed by atoms with van der Waals surface area (Å²) in [4.78, 5) is 20.8. The monoisotopic (exact) mass is 328 g/mol. The molecule has 21 heavy (non-hydrogen) atoms. The highest BCUT2D eigenvalue weighted by molar-refractivity contribution is 6.31. The molecule has 0 saturated heterocycles. The fourth-order valence-electron chi connectivity index (χ4n) is 2.06. The molecular formula is C14H18Cl2N4O. The van der Waals surface area contributed by atoms with Crippen LogP contribution in [-0.2, 0) is 11.3 Å². The van der Waals surface area contributed by atoms with Gasteiger partial charge in [0.2, 0.25) is 5.91 Å². The number of hydrogen-bond donors (Lipinski definition) is 1. The maximum atomic E-state index is 12.2. The molecule has 0 spiro atoms. The number of pyridine rings is 1. The maximum Gasteiger partial charge on any atom is 0.240 e. The first-order chi connectivity index (χ1) is 9.67. The number of hydrogen-bond acceptors (Lipinski definition) is 3. The van der Waals surface area contributed by atoms with Crippen LogP contribution in [0.4, 0.5) is 0 Å². The Labute approximate surface area is 133 Å². The molecule has 1 N–H and O–H groups in total. The first-order valence-electron chi connectivity index (χ1n) is 6.64. The number of nitrogens with zero attached hydrogens (tertiary/aromatic N) is 3. The van der Waals surface area contributed by atoms with Gasteiger partial charge >= 0.3 is 0 Å². The van der Waals surface area contributed by atoms with Gasteiger partial charge in [0.15, 0.2) is 5.65 Å². The third-order valence-corrected chi connectivity index (χ3v) is 3.15. The normalized spacial score (nSPS) is 13.4. The van der Waals surface area contributed by atoms with E-state index in [2.05, 4.69) is 15.3 Å². The standard InChI is InChI=1S/C14H18Cl2N4O/c1-8(15)12-18-10-5-9(16)6-17-13(10)20(12)7-11(21)19-14(2,3)4/h5-6,8H,7H2,1-4H3,(H,19,21). The summed E-state index contributed by atoms with van der Waals surface area (Å²) in [7, 11) is 0. The molecule has 1 amide bonds. The van der Waals surface area contributed by atoms with E-state index in [1.807, 2.05) is 27.7 Å². The molecule has 5 nitrogen and oxygen atoms in total. The SMILES string of the molecule is CC(Cl)c1nc2cc(Cl)cnc2n1CC(=O)NC(C)(C)C. The van der Waals surface area contributed by atoms with Crippen molar-refractivity contribution < 1.29 is 4.79 Å². The van der Waals surface area contributed by atoms with Crippen LogP contribution in [0.1, 0.15) is 38.9 Å². The lowest BCUT2D eigenvalue weighted by Gasteiger charge is -2.21. The Morgan fingerprint density at radius 3 is 2.71 bits per heavy atom. The lowest BCUT2D eigenvalue weighted by Crippen LogP contribution is -2.42. The molecule has 0 aromatic carbocycles. The average Bonchev–Trinajstić information content (AvgIpc) is 2.64. The van der Waals surface area contributed by atoms with Crippen LogP contribution in [0.2, 0.25) is 5.02 Å². The van der Waals surface area contributed by atoms with Crippen molar-refractivity contribution >= 4 is 40.3 Å². The third-order valence-electron chi connectivity index (χ3n) is 2.75. The molecule has 114 valence electrons. The van der Waals surface area contributed by atoms with Crippen LogP contribution < -0.4 is 5.32 Å². The quantitative estimate of drug-likeness (QED) is 0.879. The van der Waals surface area contributed by atoms with E-state index in [1.54, 1.807) is 10.6 Å². The smallest absolute Gasteiger partial charge is 0.240 e. The van der Waals surface area contributed by atoms with Gasteiger partial charge in [-0.3, -0.25) is 4.79 Å². The van der Waals surface area contributed by atoms with E-state index in [0.717, 1.165) is 0 Å². The summed E-state index contributed by atoms with van der Waals surface area (Å²) in [6.07, 6.45) is 1.53. The number of halogens is 2. The van der Waals surface area contributed by atoms with Gasteiger partial charge in [0, 0.05) is 11.7 Å². The zero-order chi connectivity index (χ0) is 15.8. The van der Waals surface area contributed by atoms with E-state index >= 15 is 0 Å². The lowest BCUT2D eigenvalue weighted by molar-refractivity contribution is -0.123. The molecule has 2 heterocycles. The number of carbonyl (C=O) groups excluding carboxylic acids is 1. The van der Waals surface area contributed by atoms with Crippen molar-refractivity contribution in [3.05, 3.63) is 23.1 Å². The van der Waals surface area contributed by atoms with Crippen LogP contribution in [-0.4, -0.2) is 26.0 Å². The van der Waals surface area contributed by atoms with Crippen LogP contribution in [0.15, 0.2) is 12.3 Å². The zero-order valence-corrected chi connectivity index (χ0v) is 14.0. The van der Waals surface area contributed by atoms with E-state index in [1.165, 1.54) is 6.20 Å². The van der Waals surface area contributed by atoms with Crippen molar-refractivity contribution in [3.63, 3.8) is 0 Å². The molecular weight excluding hydrogens is 311 g/mol. The molecule has 0 saturated carbocycles. The van der Waals surface area contributed by atoms with Crippen molar-refractivity contribution in [1.29, 1.82) is 0 Å². The fraction of sp³-hybridized carbons (Fsp3) is 0.500. The van der Waals surface area contributed by atoms with Crippen LogP contribution >= 0.6 is 23.2 Å². The minimum atomic E-state index is -0.333. The predicted octanol–water partition coefficient (Wildman–Crippen LogP) is 3.30. The largest absolute Gasteiger partial charge is 0.350 e. The Balaban J connectivity index is 2.41. The van der Waals surface area contributed by atoms with Crippen LogP contribution in [0.3, 0.4) is 0 Å². The molecule has 2 aromatic rings. The zero-order valence-electron chi connectivity index (χ0n) is 12.4. The average molecular weight is 329 g/mol. The first kappa shape index (κ1) is 16.0. The number of carbonyl (C=O) groups is 1. The third kappa shape index (κ3) is 3.86. The first-order valence-corrected chi connectivity index (χ1v) is 7.45. The number of amides is 1. The minimum Gasteiger partial charge on any atom is -0.350 e. The lowest BCUT2D eigenvalue weighted by atomic mass is 10.1. The van der Waals surface area contributed by atoms with Crippen molar-refractivity contribution in [2.75, 3.05) is 0 Å². The molecule has 7 heteroatoms. The van der Waals surface area contributed by atoms with E-state index in [0.29, 0.717) is 22.0 Å². The summed E-state index contributed by atoms with van der Waals surface area (Å²) >= 11 is 12.1. The Hall–Kier alpha value is -1.33. The van der Waals surface area contributed by atoms with E-state index < -0.39 is 0 Å². The minimum absolute atomic E-state index is 0.114. The van der Waals surface area contributed by atoms with Gasteiger partial charge in [-0.1, -0.05) is 11.6 Å². The van der Waals surface area contributed by atoms with Crippen LogP contribution in [0, 0.1) is 0 Å². The molecule has 1 atom stereocenters. The van der Waals surface area contributed by atoms with Gasteiger partial charge < -0.3 is 9.88 Å². The fourth-order valence-corrected chi connectivity index (χ4v) is 2.38. The van der Waals surface area contributed by atoms with E-state index in [-0.39, 0.29) is 23.4 Å². The van der Waals surface area contributed by atoms with Gasteiger partial charge in [-0.05, 0) is 33.8 Å².